The van der Waals surface area contributed by atoms with Gasteiger partial charge in [0.2, 0.25) is 5.88 Å². The molecule has 31 heavy (non-hydrogen) atoms. The Balaban J connectivity index is 2.22. The number of ether oxygens (including phenoxy) is 3. The second-order valence-corrected chi connectivity index (χ2v) is 7.59. The van der Waals surface area contributed by atoms with Gasteiger partial charge in [-0.15, -0.1) is 0 Å². The van der Waals surface area contributed by atoms with Crippen LogP contribution in [0.15, 0.2) is 40.5 Å². The van der Waals surface area contributed by atoms with Crippen molar-refractivity contribution >= 4 is 0 Å². The summed E-state index contributed by atoms with van der Waals surface area (Å²) in [7, 11) is 5.45. The van der Waals surface area contributed by atoms with Crippen LogP contribution < -0.4 is 25.5 Å². The van der Waals surface area contributed by atoms with Crippen LogP contribution in [0.4, 0.5) is 0 Å². The number of fused-ring (bicyclic) bond motifs is 1. The number of benzene rings is 1. The molecule has 8 heteroatoms. The van der Waals surface area contributed by atoms with Gasteiger partial charge in [-0.1, -0.05) is 6.07 Å². The summed E-state index contributed by atoms with van der Waals surface area (Å²) in [6, 6.07) is 9.30. The minimum atomic E-state index is -0.669. The molecule has 164 valence electrons. The molecule has 1 aliphatic rings. The average molecular weight is 425 g/mol. The third-order valence-electron chi connectivity index (χ3n) is 5.28. The highest BCUT2D eigenvalue weighted by Crippen LogP contribution is 2.42. The summed E-state index contributed by atoms with van der Waals surface area (Å²) in [6.45, 7) is 5.45. The third-order valence-corrected chi connectivity index (χ3v) is 5.28. The lowest BCUT2D eigenvalue weighted by Gasteiger charge is -2.28. The lowest BCUT2D eigenvalue weighted by Crippen LogP contribution is -2.34. The number of aryl methyl sites for hydroxylation is 1. The van der Waals surface area contributed by atoms with Crippen molar-refractivity contribution in [2.75, 3.05) is 34.4 Å². The minimum absolute atomic E-state index is 0.00214. The van der Waals surface area contributed by atoms with E-state index in [0.29, 0.717) is 48.1 Å². The van der Waals surface area contributed by atoms with Gasteiger partial charge in [0.05, 0.1) is 25.2 Å². The fraction of sp³-hybridized carbons (Fsp3) is 0.391. The molecule has 0 aliphatic carbocycles. The number of methoxy groups -OCH3 is 1. The first kappa shape index (κ1) is 22.2. The molecule has 0 radical (unpaired) electrons. The zero-order valence-electron chi connectivity index (χ0n) is 18.6. The van der Waals surface area contributed by atoms with Crippen LogP contribution in [0.1, 0.15) is 29.7 Å². The van der Waals surface area contributed by atoms with Gasteiger partial charge in [-0.3, -0.25) is 4.79 Å². The van der Waals surface area contributed by atoms with Gasteiger partial charge in [0.1, 0.15) is 17.4 Å². The van der Waals surface area contributed by atoms with Crippen molar-refractivity contribution < 1.29 is 14.2 Å². The number of aromatic nitrogens is 1. The van der Waals surface area contributed by atoms with Crippen LogP contribution in [0.2, 0.25) is 0 Å². The largest absolute Gasteiger partial charge is 0.493 e. The van der Waals surface area contributed by atoms with Crippen LogP contribution in [0, 0.1) is 18.3 Å². The van der Waals surface area contributed by atoms with Crippen LogP contribution in [-0.2, 0) is 6.54 Å². The molecule has 2 N–H and O–H groups in total. The Kier molecular flexibility index (Phi) is 6.56. The number of rotatable bonds is 7. The fourth-order valence-corrected chi connectivity index (χ4v) is 3.74. The number of hydrogen-bond acceptors (Lipinski definition) is 7. The van der Waals surface area contributed by atoms with Gasteiger partial charge in [0.15, 0.2) is 11.5 Å². The number of nitrogens with zero attached hydrogens (tertiary/aromatic N) is 3. The van der Waals surface area contributed by atoms with Gasteiger partial charge in [-0.05, 0) is 45.6 Å². The number of nitriles is 1. The molecule has 3 rings (SSSR count). The zero-order chi connectivity index (χ0) is 22.7. The predicted molar refractivity (Wildman–Crippen MR) is 117 cm³/mol. The number of hydrogen-bond donors (Lipinski definition) is 1. The fourth-order valence-electron chi connectivity index (χ4n) is 3.74. The Morgan fingerprint density at radius 1 is 1.29 bits per heavy atom. The van der Waals surface area contributed by atoms with Crippen LogP contribution in [0.25, 0.3) is 0 Å². The van der Waals surface area contributed by atoms with Crippen molar-refractivity contribution in [2.45, 2.75) is 26.3 Å². The highest BCUT2D eigenvalue weighted by molar-refractivity contribution is 5.57. The summed E-state index contributed by atoms with van der Waals surface area (Å²) in [5, 5.41) is 9.84. The van der Waals surface area contributed by atoms with Gasteiger partial charge in [0.25, 0.3) is 5.56 Å². The molecule has 0 fully saturated rings. The number of likely N-dealkylation sites (N-methyl/N-ethyl adjacent to an activating group) is 1. The molecule has 0 amide bonds. The lowest BCUT2D eigenvalue weighted by atomic mass is 9.84. The molecule has 8 nitrogen and oxygen atoms in total. The SMILES string of the molecule is CCOc1ccc(C2C(C#N)=C(N)Oc3cc(C)n(CCN(C)C)c(=O)c32)cc1OC. The molecule has 1 atom stereocenters. The van der Waals surface area contributed by atoms with E-state index in [-0.39, 0.29) is 17.0 Å². The Labute approximate surface area is 182 Å². The second-order valence-electron chi connectivity index (χ2n) is 7.59. The smallest absolute Gasteiger partial charge is 0.258 e. The number of allylic oxidation sites excluding steroid dienone is 1. The monoisotopic (exact) mass is 424 g/mol. The van der Waals surface area contributed by atoms with Gasteiger partial charge in [-0.2, -0.15) is 5.26 Å². The zero-order valence-corrected chi connectivity index (χ0v) is 18.6. The Hall–Kier alpha value is -3.44. The quantitative estimate of drug-likeness (QED) is 0.728. The second kappa shape index (κ2) is 9.14. The van der Waals surface area contributed by atoms with Crippen LogP contribution in [0.5, 0.6) is 17.2 Å². The molecule has 0 bridgehead atoms. The normalized spacial score (nSPS) is 15.3. The Morgan fingerprint density at radius 2 is 2.03 bits per heavy atom. The average Bonchev–Trinajstić information content (AvgIpc) is 2.73. The third kappa shape index (κ3) is 4.23. The van der Waals surface area contributed by atoms with Crippen molar-refractivity contribution in [3.05, 3.63) is 62.9 Å². The van der Waals surface area contributed by atoms with Crippen molar-refractivity contribution in [1.29, 1.82) is 5.26 Å². The van der Waals surface area contributed by atoms with E-state index < -0.39 is 5.92 Å². The van der Waals surface area contributed by atoms with Crippen LogP contribution >= 0.6 is 0 Å². The predicted octanol–water partition coefficient (Wildman–Crippen LogP) is 2.34. The first-order chi connectivity index (χ1) is 14.8. The van der Waals surface area contributed by atoms with Gasteiger partial charge >= 0.3 is 0 Å². The van der Waals surface area contributed by atoms with Gasteiger partial charge in [0, 0.05) is 24.8 Å². The van der Waals surface area contributed by atoms with E-state index in [1.165, 1.54) is 0 Å². The summed E-state index contributed by atoms with van der Waals surface area (Å²) in [4.78, 5) is 15.6. The Bertz CT molecular complexity index is 1110. The molecule has 1 unspecified atom stereocenters. The van der Waals surface area contributed by atoms with Gasteiger partial charge in [-0.25, -0.2) is 0 Å². The van der Waals surface area contributed by atoms with E-state index in [0.717, 1.165) is 5.69 Å². The maximum Gasteiger partial charge on any atom is 0.258 e. The maximum atomic E-state index is 13.6. The molecule has 2 heterocycles. The summed E-state index contributed by atoms with van der Waals surface area (Å²) < 4.78 is 18.5. The molecule has 0 saturated carbocycles. The first-order valence-corrected chi connectivity index (χ1v) is 10.1. The Morgan fingerprint density at radius 3 is 2.65 bits per heavy atom. The topological polar surface area (TPSA) is 103 Å². The van der Waals surface area contributed by atoms with Crippen molar-refractivity contribution in [2.24, 2.45) is 5.73 Å². The van der Waals surface area contributed by atoms with Crippen LogP contribution in [0.3, 0.4) is 0 Å². The molecular formula is C23H28N4O4. The van der Waals surface area contributed by atoms with Gasteiger partial charge < -0.3 is 29.4 Å². The number of nitrogens with two attached hydrogens (primary N) is 1. The van der Waals surface area contributed by atoms with E-state index in [9.17, 15) is 10.1 Å². The summed E-state index contributed by atoms with van der Waals surface area (Å²) >= 11 is 0. The van der Waals surface area contributed by atoms with Crippen molar-refractivity contribution in [3.63, 3.8) is 0 Å². The summed E-state index contributed by atoms with van der Waals surface area (Å²) in [5.74, 6) is 0.805. The highest BCUT2D eigenvalue weighted by Gasteiger charge is 2.34. The first-order valence-electron chi connectivity index (χ1n) is 10.1. The van der Waals surface area contributed by atoms with Crippen molar-refractivity contribution in [3.8, 4) is 23.3 Å². The number of pyridine rings is 1. The highest BCUT2D eigenvalue weighted by atomic mass is 16.5. The standard InChI is InChI=1S/C23H28N4O4/c1-6-30-17-8-7-15(12-18(17)29-5)20-16(13-24)22(25)31-19-11-14(2)27(10-9-26(3)4)23(28)21(19)20/h7-8,11-12,20H,6,9-10,25H2,1-5H3. The van der Waals surface area contributed by atoms with Crippen molar-refractivity contribution in [1.82, 2.24) is 9.47 Å². The summed E-state index contributed by atoms with van der Waals surface area (Å²) in [5.41, 5.74) is 7.93. The summed E-state index contributed by atoms with van der Waals surface area (Å²) in [6.07, 6.45) is 0. The lowest BCUT2D eigenvalue weighted by molar-refractivity contribution is 0.310. The van der Waals surface area contributed by atoms with E-state index in [4.69, 9.17) is 19.9 Å². The van der Waals surface area contributed by atoms with Crippen LogP contribution in [-0.4, -0.2) is 43.8 Å². The molecule has 0 saturated heterocycles. The van der Waals surface area contributed by atoms with E-state index >= 15 is 0 Å². The molecule has 2 aromatic rings. The minimum Gasteiger partial charge on any atom is -0.493 e. The van der Waals surface area contributed by atoms with E-state index in [2.05, 4.69) is 6.07 Å². The molecule has 0 spiro atoms. The molecular weight excluding hydrogens is 396 g/mol. The van der Waals surface area contributed by atoms with E-state index in [1.54, 1.807) is 29.9 Å². The van der Waals surface area contributed by atoms with E-state index in [1.807, 2.05) is 38.9 Å². The molecule has 1 aliphatic heterocycles. The molecule has 1 aromatic heterocycles. The molecule has 1 aromatic carbocycles. The maximum absolute atomic E-state index is 13.6.